The number of nitrogens with two attached hydrogens (primary N) is 1. The Labute approximate surface area is 170 Å². The van der Waals surface area contributed by atoms with Crippen LogP contribution in [0.4, 0.5) is 14.9 Å². The summed E-state index contributed by atoms with van der Waals surface area (Å²) >= 11 is 0. The zero-order valence-electron chi connectivity index (χ0n) is 15.4. The zero-order valence-corrected chi connectivity index (χ0v) is 15.4. The highest BCUT2D eigenvalue weighted by atomic mass is 19.1. The van der Waals surface area contributed by atoms with Gasteiger partial charge in [0.1, 0.15) is 0 Å². The smallest absolute Gasteiger partial charge is 0.325 e. The molecule has 3 aromatic rings. The van der Waals surface area contributed by atoms with E-state index in [-0.39, 0.29) is 29.6 Å². The zero-order chi connectivity index (χ0) is 21.5. The number of hydrogen-bond donors (Lipinski definition) is 3. The minimum absolute atomic E-state index is 0.0264. The Morgan fingerprint density at radius 3 is 2.60 bits per heavy atom. The number of urea groups is 1. The van der Waals surface area contributed by atoms with E-state index in [1.807, 2.05) is 6.07 Å². The quantitative estimate of drug-likeness (QED) is 0.572. The van der Waals surface area contributed by atoms with Gasteiger partial charge < -0.3 is 15.8 Å². The first-order chi connectivity index (χ1) is 14.4. The largest absolute Gasteiger partial charge is 0.436 e. The standard InChI is InChI=1S/C20H15FN5O4/c21-14-11-13(24-20(29)25-16(27)10-12-4-2-1-3-5-12)6-7-15(14)30-17-8-9-23-19(26-17)18(22)28/h1-8,11H,10H2,(H2,22,28)(H2,24,25,27,29). The Hall–Kier alpha value is -4.34. The van der Waals surface area contributed by atoms with Crippen molar-refractivity contribution in [3.05, 3.63) is 78.0 Å². The predicted molar refractivity (Wildman–Crippen MR) is 103 cm³/mol. The number of nitrogens with one attached hydrogen (secondary N) is 2. The van der Waals surface area contributed by atoms with Crippen LogP contribution in [0.25, 0.3) is 0 Å². The van der Waals surface area contributed by atoms with Gasteiger partial charge >= 0.3 is 6.03 Å². The average Bonchev–Trinajstić information content (AvgIpc) is 2.71. The molecule has 0 aliphatic carbocycles. The van der Waals surface area contributed by atoms with Gasteiger partial charge in [-0.05, 0) is 17.7 Å². The molecular formula is C20H15FN5O4. The molecule has 0 fully saturated rings. The third kappa shape index (κ3) is 5.58. The first-order valence-electron chi connectivity index (χ1n) is 8.58. The third-order valence-electron chi connectivity index (χ3n) is 3.66. The van der Waals surface area contributed by atoms with E-state index in [0.717, 1.165) is 11.6 Å². The Morgan fingerprint density at radius 1 is 1.13 bits per heavy atom. The lowest BCUT2D eigenvalue weighted by Crippen LogP contribution is -2.35. The summed E-state index contributed by atoms with van der Waals surface area (Å²) in [6.45, 7) is 0. The minimum atomic E-state index is -0.885. The summed E-state index contributed by atoms with van der Waals surface area (Å²) in [5.74, 6) is -2.90. The van der Waals surface area contributed by atoms with Crippen molar-refractivity contribution in [2.24, 2.45) is 5.73 Å². The van der Waals surface area contributed by atoms with Crippen LogP contribution in [0, 0.1) is 12.0 Å². The first kappa shape index (κ1) is 20.4. The van der Waals surface area contributed by atoms with Crippen LogP contribution in [0.2, 0.25) is 0 Å². The summed E-state index contributed by atoms with van der Waals surface area (Å²) in [6.07, 6.45) is 2.39. The number of halogens is 1. The minimum Gasteiger partial charge on any atom is -0.436 e. The molecule has 4 amide bonds. The molecule has 30 heavy (non-hydrogen) atoms. The third-order valence-corrected chi connectivity index (χ3v) is 3.66. The van der Waals surface area contributed by atoms with Crippen molar-refractivity contribution in [3.63, 3.8) is 0 Å². The van der Waals surface area contributed by atoms with Crippen LogP contribution in [0.3, 0.4) is 0 Å². The number of carbonyl (C=O) groups is 3. The molecule has 9 nitrogen and oxygen atoms in total. The fourth-order valence-electron chi connectivity index (χ4n) is 2.36. The van der Waals surface area contributed by atoms with E-state index in [2.05, 4.69) is 26.8 Å². The maximum Gasteiger partial charge on any atom is 0.325 e. The van der Waals surface area contributed by atoms with Crippen LogP contribution in [-0.2, 0) is 11.2 Å². The molecule has 3 rings (SSSR count). The molecule has 1 heterocycles. The van der Waals surface area contributed by atoms with Crippen LogP contribution in [0.5, 0.6) is 11.6 Å². The fraction of sp³-hybridized carbons (Fsp3) is 0.0500. The number of rotatable bonds is 6. The SMILES string of the molecule is NC(=O)c1n[c]cc(Oc2ccc(NC(=O)NC(=O)Cc3ccccc3)cc2F)n1. The van der Waals surface area contributed by atoms with E-state index in [9.17, 15) is 18.8 Å². The monoisotopic (exact) mass is 408 g/mol. The first-order valence-corrected chi connectivity index (χ1v) is 8.58. The van der Waals surface area contributed by atoms with E-state index < -0.39 is 23.7 Å². The summed E-state index contributed by atoms with van der Waals surface area (Å²) in [6, 6.07) is 12.9. The molecule has 151 valence electrons. The number of imide groups is 1. The van der Waals surface area contributed by atoms with Crippen molar-refractivity contribution in [2.75, 3.05) is 5.32 Å². The number of nitrogens with zero attached hydrogens (tertiary/aromatic N) is 2. The normalized spacial score (nSPS) is 10.2. The van der Waals surface area contributed by atoms with Gasteiger partial charge in [-0.2, -0.15) is 4.98 Å². The summed E-state index contributed by atoms with van der Waals surface area (Å²) in [5.41, 5.74) is 5.91. The van der Waals surface area contributed by atoms with Crippen LogP contribution >= 0.6 is 0 Å². The Morgan fingerprint density at radius 2 is 1.90 bits per heavy atom. The van der Waals surface area contributed by atoms with E-state index in [1.165, 1.54) is 18.2 Å². The Balaban J connectivity index is 1.59. The van der Waals surface area contributed by atoms with Gasteiger partial charge in [-0.1, -0.05) is 30.3 Å². The van der Waals surface area contributed by atoms with Crippen molar-refractivity contribution in [1.82, 2.24) is 15.3 Å². The number of hydrogen-bond acceptors (Lipinski definition) is 6. The molecule has 0 saturated heterocycles. The number of anilines is 1. The molecule has 0 aliphatic heterocycles. The second-order valence-electron chi connectivity index (χ2n) is 5.94. The maximum atomic E-state index is 14.3. The topological polar surface area (TPSA) is 136 Å². The van der Waals surface area contributed by atoms with Gasteiger partial charge in [0.25, 0.3) is 5.91 Å². The average molecular weight is 408 g/mol. The molecule has 1 aromatic heterocycles. The molecule has 0 bridgehead atoms. The summed E-state index contributed by atoms with van der Waals surface area (Å²) in [5, 5.41) is 4.52. The second-order valence-corrected chi connectivity index (χ2v) is 5.94. The predicted octanol–water partition coefficient (Wildman–Crippen LogP) is 2.20. The van der Waals surface area contributed by atoms with E-state index >= 15 is 0 Å². The summed E-state index contributed by atoms with van der Waals surface area (Å²) in [4.78, 5) is 42.2. The van der Waals surface area contributed by atoms with Gasteiger partial charge in [0.2, 0.25) is 17.6 Å². The molecular weight excluding hydrogens is 393 g/mol. The fourth-order valence-corrected chi connectivity index (χ4v) is 2.36. The molecule has 1 radical (unpaired) electrons. The number of carbonyl (C=O) groups excluding carboxylic acids is 3. The highest BCUT2D eigenvalue weighted by molar-refractivity contribution is 6.01. The number of ether oxygens (including phenoxy) is 1. The van der Waals surface area contributed by atoms with Gasteiger partial charge in [-0.3, -0.25) is 14.9 Å². The molecule has 2 aromatic carbocycles. The van der Waals surface area contributed by atoms with Crippen molar-refractivity contribution < 1.29 is 23.5 Å². The van der Waals surface area contributed by atoms with E-state index in [0.29, 0.717) is 0 Å². The van der Waals surface area contributed by atoms with E-state index in [1.54, 1.807) is 24.3 Å². The van der Waals surface area contributed by atoms with Crippen LogP contribution < -0.4 is 21.1 Å². The van der Waals surface area contributed by atoms with Gasteiger partial charge in [-0.15, -0.1) is 0 Å². The van der Waals surface area contributed by atoms with Crippen molar-refractivity contribution in [2.45, 2.75) is 6.42 Å². The van der Waals surface area contributed by atoms with Gasteiger partial charge in [-0.25, -0.2) is 14.2 Å². The van der Waals surface area contributed by atoms with Gasteiger partial charge in [0.05, 0.1) is 12.6 Å². The van der Waals surface area contributed by atoms with Crippen LogP contribution in [0.1, 0.15) is 16.2 Å². The molecule has 4 N–H and O–H groups in total. The lowest BCUT2D eigenvalue weighted by atomic mass is 10.1. The number of amides is 4. The summed E-state index contributed by atoms with van der Waals surface area (Å²) < 4.78 is 19.5. The van der Waals surface area contributed by atoms with Gasteiger partial charge in [0, 0.05) is 17.8 Å². The molecule has 0 aliphatic rings. The van der Waals surface area contributed by atoms with E-state index in [4.69, 9.17) is 10.5 Å². The van der Waals surface area contributed by atoms with Crippen LogP contribution in [0.15, 0.2) is 54.6 Å². The maximum absolute atomic E-state index is 14.3. The Bertz CT molecular complexity index is 1090. The Kier molecular flexibility index (Phi) is 6.28. The highest BCUT2D eigenvalue weighted by Crippen LogP contribution is 2.25. The molecule has 0 atom stereocenters. The highest BCUT2D eigenvalue weighted by Gasteiger charge is 2.13. The molecule has 0 unspecified atom stereocenters. The number of aromatic nitrogens is 2. The summed E-state index contributed by atoms with van der Waals surface area (Å²) in [7, 11) is 0. The van der Waals surface area contributed by atoms with Crippen molar-refractivity contribution in [1.29, 1.82) is 0 Å². The lowest BCUT2D eigenvalue weighted by molar-refractivity contribution is -0.119. The number of benzene rings is 2. The molecule has 0 spiro atoms. The molecule has 0 saturated carbocycles. The second kappa shape index (κ2) is 9.24. The van der Waals surface area contributed by atoms with Crippen LogP contribution in [-0.4, -0.2) is 27.8 Å². The van der Waals surface area contributed by atoms with Crippen molar-refractivity contribution >= 4 is 23.5 Å². The molecule has 10 heteroatoms. The number of primary amides is 1. The van der Waals surface area contributed by atoms with Gasteiger partial charge in [0.15, 0.2) is 11.6 Å². The lowest BCUT2D eigenvalue weighted by Gasteiger charge is -2.09. The van der Waals surface area contributed by atoms with Crippen molar-refractivity contribution in [3.8, 4) is 11.6 Å².